The van der Waals surface area contributed by atoms with Crippen LogP contribution in [0.25, 0.3) is 29.1 Å². The lowest BCUT2D eigenvalue weighted by atomic mass is 11.1. The summed E-state index contributed by atoms with van der Waals surface area (Å²) in [5, 5.41) is 0. The fourth-order valence-corrected chi connectivity index (χ4v) is 31.2. The molecule has 0 spiro atoms. The maximum atomic E-state index is 1.73. The van der Waals surface area contributed by atoms with E-state index in [1.54, 1.807) is 124 Å². The van der Waals surface area contributed by atoms with Gasteiger partial charge in [-0.05, 0) is 94.4 Å². The van der Waals surface area contributed by atoms with E-state index in [0.717, 1.165) is 0 Å². The van der Waals surface area contributed by atoms with Crippen molar-refractivity contribution in [1.82, 2.24) is 0 Å². The fourth-order valence-electron chi connectivity index (χ4n) is 1.37. The maximum Gasteiger partial charge on any atom is 0.0517 e. The normalized spacial score (nSPS) is 16.7. The van der Waals surface area contributed by atoms with Crippen molar-refractivity contribution in [2.75, 3.05) is 0 Å². The molecule has 0 aromatic carbocycles. The fraction of sp³-hybridized carbons (Fsp3) is 0. The van der Waals surface area contributed by atoms with E-state index < -0.39 is 0 Å². The van der Waals surface area contributed by atoms with E-state index in [4.69, 9.17) is 0 Å². The van der Waals surface area contributed by atoms with E-state index in [0.29, 0.717) is 0 Å². The molecule has 4 rings (SSSR count). The molecule has 0 fully saturated rings. The first-order chi connectivity index (χ1) is 8.90. The molecule has 0 radical (unpaired) electrons. The molecule has 84 valence electrons. The number of rotatable bonds is 0. The lowest BCUT2D eigenvalue weighted by Crippen LogP contribution is -1.51. The second-order valence-electron chi connectivity index (χ2n) is 3.15. The molecule has 4 heterocycles. The Bertz CT molecular complexity index is 745. The summed E-state index contributed by atoms with van der Waals surface area (Å²) >= 11 is 0. The first kappa shape index (κ1) is 14.4. The minimum absolute atomic E-state index is 1.57. The number of fused-ring (bicyclic) bond motifs is 3. The van der Waals surface area contributed by atoms with Gasteiger partial charge >= 0.3 is 0 Å². The van der Waals surface area contributed by atoms with Crippen molar-refractivity contribution in [1.29, 1.82) is 0 Å². The van der Waals surface area contributed by atoms with Crippen LogP contribution in [-0.4, -0.2) is 0 Å². The van der Waals surface area contributed by atoms with Crippen molar-refractivity contribution in [3.05, 3.63) is 0 Å². The van der Waals surface area contributed by atoms with Gasteiger partial charge in [0.2, 0.25) is 0 Å². The Labute approximate surface area is 123 Å². The van der Waals surface area contributed by atoms with Gasteiger partial charge in [-0.25, -0.2) is 0 Å². The molecule has 0 unspecified atom stereocenters. The molecule has 0 amide bonds. The topological polar surface area (TPSA) is 0 Å². The molecule has 0 N–H and O–H groups in total. The van der Waals surface area contributed by atoms with Crippen molar-refractivity contribution in [2.45, 2.75) is 0 Å². The van der Waals surface area contributed by atoms with Gasteiger partial charge < -0.3 is 0 Å². The Balaban J connectivity index is 2.20. The molecular formula is C6P12. The van der Waals surface area contributed by atoms with E-state index in [2.05, 4.69) is 0 Å². The SMILES string of the molecule is p1ppc2pc3pc4ppppc4pc3pc2p1. The van der Waals surface area contributed by atoms with Crippen LogP contribution in [0.3, 0.4) is 0 Å². The average Bonchev–Trinajstić information content (AvgIpc) is 2.42. The minimum Gasteiger partial charge on any atom is -0.0471 e. The predicted octanol–water partition coefficient (Wildman–Crippen LogP) is 12.1. The summed E-state index contributed by atoms with van der Waals surface area (Å²) in [7, 11) is 19.0. The monoisotopic (exact) mass is 444 g/mol. The van der Waals surface area contributed by atoms with Crippen molar-refractivity contribution in [2.24, 2.45) is 0 Å². The Morgan fingerprint density at radius 3 is 0.889 bits per heavy atom. The molecule has 0 aliphatic rings. The van der Waals surface area contributed by atoms with Crippen LogP contribution in [0.2, 0.25) is 0 Å². The Kier molecular flexibility index (Phi) is 5.22. The molecule has 0 saturated heterocycles. The minimum atomic E-state index is 1.57. The second-order valence-corrected chi connectivity index (χ2v) is 24.0. The Morgan fingerprint density at radius 2 is 0.611 bits per heavy atom. The van der Waals surface area contributed by atoms with E-state index in [-0.39, 0.29) is 0 Å². The van der Waals surface area contributed by atoms with Gasteiger partial charge in [-0.1, -0.05) is 0 Å². The average molecular weight is 444 g/mol. The maximum absolute atomic E-state index is 1.73. The highest BCUT2D eigenvalue weighted by atomic mass is 32.3. The third-order valence-corrected chi connectivity index (χ3v) is 28.3. The molecule has 0 aliphatic heterocycles. The van der Waals surface area contributed by atoms with Crippen LogP contribution in [0, 0.1) is 0 Å². The standard InChI is InChI=1S/C6P12/c7-1-2(9-5-3(7)11-15-17-13-5)10-6-4(8-1)12-16-18-14-6. The van der Waals surface area contributed by atoms with Crippen molar-refractivity contribution >= 4 is 124 Å². The van der Waals surface area contributed by atoms with E-state index in [1.165, 1.54) is 0 Å². The van der Waals surface area contributed by atoms with Crippen molar-refractivity contribution in [3.63, 3.8) is 0 Å². The van der Waals surface area contributed by atoms with Crippen LogP contribution < -0.4 is 0 Å². The first-order valence-electron chi connectivity index (χ1n) is 4.63. The van der Waals surface area contributed by atoms with E-state index in [1.807, 2.05) is 0 Å². The van der Waals surface area contributed by atoms with E-state index in [9.17, 15) is 0 Å². The third kappa shape index (κ3) is 2.98. The highest BCUT2D eigenvalue weighted by molar-refractivity contribution is 8.33. The summed E-state index contributed by atoms with van der Waals surface area (Å²) in [5.74, 6) is 0. The summed E-state index contributed by atoms with van der Waals surface area (Å²) in [6, 6.07) is 0. The Morgan fingerprint density at radius 1 is 0.333 bits per heavy atom. The molecule has 12 heteroatoms. The lowest BCUT2D eigenvalue weighted by molar-refractivity contribution is 2.95. The summed E-state index contributed by atoms with van der Waals surface area (Å²) in [4.78, 5) is 10.4. The summed E-state index contributed by atoms with van der Waals surface area (Å²) in [5.41, 5.74) is 0. The largest absolute Gasteiger partial charge is 0.0517 e. The van der Waals surface area contributed by atoms with Crippen LogP contribution >= 0.6 is 94.4 Å². The van der Waals surface area contributed by atoms with Gasteiger partial charge in [0.05, 0.1) is 19.4 Å². The highest BCUT2D eigenvalue weighted by Gasteiger charge is 2.04. The zero-order valence-electron chi connectivity index (χ0n) is 8.37. The summed E-state index contributed by atoms with van der Waals surface area (Å²) in [6.07, 6.45) is 0. The van der Waals surface area contributed by atoms with Gasteiger partial charge in [0.25, 0.3) is 0 Å². The molecular weight excluding hydrogens is 444 g/mol. The molecule has 0 atom stereocenters. The quantitative estimate of drug-likeness (QED) is 0.237. The lowest BCUT2D eigenvalue weighted by Gasteiger charge is -2.00. The Hall–Kier alpha value is 2.82. The van der Waals surface area contributed by atoms with Gasteiger partial charge in [-0.15, -0.1) is 0 Å². The second kappa shape index (κ2) is 6.52. The highest BCUT2D eigenvalue weighted by Crippen LogP contribution is 2.60. The zero-order chi connectivity index (χ0) is 11.9. The van der Waals surface area contributed by atoms with Crippen LogP contribution in [0.4, 0.5) is 0 Å². The van der Waals surface area contributed by atoms with Crippen LogP contribution in [0.15, 0.2) is 0 Å². The molecule has 0 aliphatic carbocycles. The summed E-state index contributed by atoms with van der Waals surface area (Å²) < 4.78 is 0. The summed E-state index contributed by atoms with van der Waals surface area (Å²) in [6.45, 7) is 0. The molecule has 0 bridgehead atoms. The van der Waals surface area contributed by atoms with Crippen LogP contribution in [-0.2, 0) is 0 Å². The van der Waals surface area contributed by atoms with Gasteiger partial charge in [0, 0.05) is 9.70 Å². The number of hydrogen-bond donors (Lipinski definition) is 0. The van der Waals surface area contributed by atoms with Crippen LogP contribution in [0.1, 0.15) is 0 Å². The predicted molar refractivity (Wildman–Crippen MR) is 109 cm³/mol. The third-order valence-electron chi connectivity index (χ3n) is 2.08. The van der Waals surface area contributed by atoms with E-state index >= 15 is 0 Å². The molecule has 4 aromatic rings. The van der Waals surface area contributed by atoms with Crippen molar-refractivity contribution in [3.8, 4) is 0 Å². The molecule has 18 heavy (non-hydrogen) atoms. The number of hydrogen-bond acceptors (Lipinski definition) is 0. The van der Waals surface area contributed by atoms with Gasteiger partial charge in [-0.2, -0.15) is 0 Å². The molecule has 0 saturated carbocycles. The zero-order valence-corrected chi connectivity index (χ0v) is 19.1. The smallest absolute Gasteiger partial charge is 0.0471 e. The van der Waals surface area contributed by atoms with Gasteiger partial charge in [-0.3, -0.25) is 0 Å². The van der Waals surface area contributed by atoms with Crippen LogP contribution in [0.5, 0.6) is 0 Å². The molecule has 4 aromatic heterocycles. The van der Waals surface area contributed by atoms with Gasteiger partial charge in [0.15, 0.2) is 0 Å². The molecule has 0 nitrogen and oxygen atoms in total. The van der Waals surface area contributed by atoms with Gasteiger partial charge in [0.1, 0.15) is 0 Å². The van der Waals surface area contributed by atoms with Crippen molar-refractivity contribution < 1.29 is 0 Å². The first-order valence-corrected chi connectivity index (χ1v) is 19.6.